The highest BCUT2D eigenvalue weighted by molar-refractivity contribution is 8.00. The molecule has 1 aromatic carbocycles. The number of amides is 2. The Bertz CT molecular complexity index is 608. The summed E-state index contributed by atoms with van der Waals surface area (Å²) in [5.41, 5.74) is 0. The van der Waals surface area contributed by atoms with Crippen LogP contribution in [0.1, 0.15) is 25.7 Å². The molecule has 24 heavy (non-hydrogen) atoms. The standard InChI is InChI=1S/C18H24N2O3S/c1-23-15-6-2-7-16(11-15)24-13-18(22)19-9-3-5-14(12-19)20-10-4-8-17(20)21/h2,6-7,11,14H,3-5,8-10,12-13H2,1H3/t14-/m1/s1. The zero-order valence-corrected chi connectivity index (χ0v) is 14.9. The van der Waals surface area contributed by atoms with Gasteiger partial charge in [0.1, 0.15) is 5.75 Å². The van der Waals surface area contributed by atoms with E-state index in [1.165, 1.54) is 11.8 Å². The van der Waals surface area contributed by atoms with Gasteiger partial charge in [-0.3, -0.25) is 9.59 Å². The van der Waals surface area contributed by atoms with Crippen molar-refractivity contribution in [3.05, 3.63) is 24.3 Å². The number of nitrogens with zero attached hydrogens (tertiary/aromatic N) is 2. The molecule has 0 radical (unpaired) electrons. The number of ether oxygens (including phenoxy) is 1. The van der Waals surface area contributed by atoms with Crippen LogP contribution < -0.4 is 4.74 Å². The highest BCUT2D eigenvalue weighted by Gasteiger charge is 2.32. The maximum atomic E-state index is 12.5. The molecule has 5 nitrogen and oxygen atoms in total. The van der Waals surface area contributed by atoms with E-state index in [0.29, 0.717) is 18.7 Å². The van der Waals surface area contributed by atoms with E-state index in [1.54, 1.807) is 7.11 Å². The fourth-order valence-electron chi connectivity index (χ4n) is 3.42. The van der Waals surface area contributed by atoms with Crippen molar-refractivity contribution in [3.8, 4) is 5.75 Å². The van der Waals surface area contributed by atoms with Crippen molar-refractivity contribution in [1.82, 2.24) is 9.80 Å². The molecule has 0 saturated carbocycles. The van der Waals surface area contributed by atoms with Gasteiger partial charge in [0.15, 0.2) is 0 Å². The van der Waals surface area contributed by atoms with Crippen molar-refractivity contribution >= 4 is 23.6 Å². The second-order valence-corrected chi connectivity index (χ2v) is 7.34. The Morgan fingerprint density at radius 3 is 2.96 bits per heavy atom. The molecule has 0 unspecified atom stereocenters. The maximum Gasteiger partial charge on any atom is 0.233 e. The van der Waals surface area contributed by atoms with Crippen LogP contribution in [0.15, 0.2) is 29.2 Å². The summed E-state index contributed by atoms with van der Waals surface area (Å²) in [5.74, 6) is 1.63. The number of rotatable bonds is 5. The molecule has 0 spiro atoms. The van der Waals surface area contributed by atoms with Gasteiger partial charge in [0.25, 0.3) is 0 Å². The second-order valence-electron chi connectivity index (χ2n) is 6.29. The Labute approximate surface area is 147 Å². The molecule has 2 heterocycles. The maximum absolute atomic E-state index is 12.5. The molecule has 130 valence electrons. The zero-order valence-electron chi connectivity index (χ0n) is 14.1. The Kier molecular flexibility index (Phi) is 5.66. The average molecular weight is 348 g/mol. The third-order valence-electron chi connectivity index (χ3n) is 4.70. The van der Waals surface area contributed by atoms with E-state index in [1.807, 2.05) is 34.1 Å². The number of hydrogen-bond donors (Lipinski definition) is 0. The van der Waals surface area contributed by atoms with Crippen LogP contribution in [-0.2, 0) is 9.59 Å². The summed E-state index contributed by atoms with van der Waals surface area (Å²) >= 11 is 1.53. The number of piperidine rings is 1. The molecule has 0 aliphatic carbocycles. The minimum Gasteiger partial charge on any atom is -0.497 e. The van der Waals surface area contributed by atoms with Crippen molar-refractivity contribution in [1.29, 1.82) is 0 Å². The molecule has 0 N–H and O–H groups in total. The number of carbonyl (C=O) groups excluding carboxylic acids is 2. The average Bonchev–Trinajstić information content (AvgIpc) is 3.06. The predicted octanol–water partition coefficient (Wildman–Crippen LogP) is 2.40. The van der Waals surface area contributed by atoms with Crippen LogP contribution in [0.4, 0.5) is 0 Å². The number of hydrogen-bond acceptors (Lipinski definition) is 4. The van der Waals surface area contributed by atoms with Gasteiger partial charge in [-0.2, -0.15) is 0 Å². The van der Waals surface area contributed by atoms with Crippen LogP contribution in [0.25, 0.3) is 0 Å². The SMILES string of the molecule is COc1cccc(SCC(=O)N2CCC[C@@H](N3CCCC3=O)C2)c1. The first-order chi connectivity index (χ1) is 11.7. The van der Waals surface area contributed by atoms with Gasteiger partial charge in [0.2, 0.25) is 11.8 Å². The molecule has 3 rings (SSSR count). The van der Waals surface area contributed by atoms with Crippen LogP contribution in [0.2, 0.25) is 0 Å². The number of benzene rings is 1. The minimum atomic E-state index is 0.152. The lowest BCUT2D eigenvalue weighted by molar-refractivity contribution is -0.135. The van der Waals surface area contributed by atoms with Gasteiger partial charge >= 0.3 is 0 Å². The van der Waals surface area contributed by atoms with E-state index >= 15 is 0 Å². The summed E-state index contributed by atoms with van der Waals surface area (Å²) in [5, 5.41) is 0. The summed E-state index contributed by atoms with van der Waals surface area (Å²) in [7, 11) is 1.64. The molecule has 2 aliphatic rings. The fourth-order valence-corrected chi connectivity index (χ4v) is 4.27. The Hall–Kier alpha value is -1.69. The van der Waals surface area contributed by atoms with Gasteiger partial charge in [-0.1, -0.05) is 6.07 Å². The van der Waals surface area contributed by atoms with E-state index in [9.17, 15) is 9.59 Å². The number of likely N-dealkylation sites (tertiary alicyclic amines) is 2. The minimum absolute atomic E-state index is 0.152. The summed E-state index contributed by atoms with van der Waals surface area (Å²) < 4.78 is 5.21. The van der Waals surface area contributed by atoms with E-state index in [2.05, 4.69) is 0 Å². The smallest absolute Gasteiger partial charge is 0.233 e. The van der Waals surface area contributed by atoms with E-state index < -0.39 is 0 Å². The van der Waals surface area contributed by atoms with E-state index in [4.69, 9.17) is 4.74 Å². The quantitative estimate of drug-likeness (QED) is 0.767. The lowest BCUT2D eigenvalue weighted by Crippen LogP contribution is -2.50. The van der Waals surface area contributed by atoms with Crippen LogP contribution in [0.5, 0.6) is 5.75 Å². The molecule has 1 aromatic rings. The van der Waals surface area contributed by atoms with Crippen LogP contribution in [0.3, 0.4) is 0 Å². The Morgan fingerprint density at radius 2 is 2.21 bits per heavy atom. The molecule has 1 atom stereocenters. The van der Waals surface area contributed by atoms with E-state index in [-0.39, 0.29) is 17.9 Å². The summed E-state index contributed by atoms with van der Waals surface area (Å²) in [6, 6.07) is 7.97. The highest BCUT2D eigenvalue weighted by Crippen LogP contribution is 2.25. The van der Waals surface area contributed by atoms with Gasteiger partial charge in [-0.05, 0) is 37.5 Å². The van der Waals surface area contributed by atoms with Crippen LogP contribution in [-0.4, -0.2) is 60.2 Å². The van der Waals surface area contributed by atoms with Gasteiger partial charge < -0.3 is 14.5 Å². The molecule has 0 aromatic heterocycles. The number of carbonyl (C=O) groups is 2. The lowest BCUT2D eigenvalue weighted by Gasteiger charge is -2.37. The van der Waals surface area contributed by atoms with Crippen molar-refractivity contribution < 1.29 is 14.3 Å². The van der Waals surface area contributed by atoms with Gasteiger partial charge in [-0.15, -0.1) is 11.8 Å². The molecular weight excluding hydrogens is 324 g/mol. The third kappa shape index (κ3) is 4.04. The highest BCUT2D eigenvalue weighted by atomic mass is 32.2. The van der Waals surface area contributed by atoms with E-state index in [0.717, 1.165) is 43.0 Å². The first-order valence-corrected chi connectivity index (χ1v) is 9.50. The monoisotopic (exact) mass is 348 g/mol. The van der Waals surface area contributed by atoms with Crippen molar-refractivity contribution in [2.45, 2.75) is 36.6 Å². The predicted molar refractivity (Wildman–Crippen MR) is 94.3 cm³/mol. The fraction of sp³-hybridized carbons (Fsp3) is 0.556. The topological polar surface area (TPSA) is 49.9 Å². The van der Waals surface area contributed by atoms with Crippen molar-refractivity contribution in [2.24, 2.45) is 0 Å². The molecule has 2 amide bonds. The first-order valence-electron chi connectivity index (χ1n) is 8.51. The van der Waals surface area contributed by atoms with Gasteiger partial charge in [0, 0.05) is 37.0 Å². The summed E-state index contributed by atoms with van der Waals surface area (Å²) in [4.78, 5) is 29.4. The third-order valence-corrected chi connectivity index (χ3v) is 5.68. The van der Waals surface area contributed by atoms with Gasteiger partial charge in [0.05, 0.1) is 12.9 Å². The number of methoxy groups -OCH3 is 1. The lowest BCUT2D eigenvalue weighted by atomic mass is 10.0. The van der Waals surface area contributed by atoms with Crippen LogP contribution >= 0.6 is 11.8 Å². The van der Waals surface area contributed by atoms with Crippen molar-refractivity contribution in [3.63, 3.8) is 0 Å². The molecule has 2 fully saturated rings. The zero-order chi connectivity index (χ0) is 16.9. The molecule has 2 saturated heterocycles. The summed E-state index contributed by atoms with van der Waals surface area (Å²) in [6.07, 6.45) is 3.60. The largest absolute Gasteiger partial charge is 0.497 e. The first kappa shape index (κ1) is 17.1. The normalized spacial score (nSPS) is 21.2. The molecular formula is C18H24N2O3S. The Balaban J connectivity index is 1.53. The second kappa shape index (κ2) is 7.92. The molecule has 6 heteroatoms. The van der Waals surface area contributed by atoms with Crippen molar-refractivity contribution in [2.75, 3.05) is 32.5 Å². The summed E-state index contributed by atoms with van der Waals surface area (Å²) in [6.45, 7) is 2.34. The van der Waals surface area contributed by atoms with Crippen LogP contribution in [0, 0.1) is 0 Å². The number of thioether (sulfide) groups is 1. The Morgan fingerprint density at radius 1 is 1.33 bits per heavy atom. The molecule has 0 bridgehead atoms. The van der Waals surface area contributed by atoms with Gasteiger partial charge in [-0.25, -0.2) is 0 Å². The molecule has 2 aliphatic heterocycles.